The highest BCUT2D eigenvalue weighted by Gasteiger charge is 2.51. The van der Waals surface area contributed by atoms with Crippen LogP contribution in [0.4, 0.5) is 4.39 Å². The standard InChI is InChI=1S/C16H19FN2O7S/c1-5-25-15(21)16(9-13(20)24-3)18-14(19(2)26-16)11-7-6-10(17)8-12(11)27(4,22)23/h6-8H,5,9H2,1-4H3. The van der Waals surface area contributed by atoms with Crippen LogP contribution >= 0.6 is 0 Å². The molecule has 1 aliphatic heterocycles. The lowest BCUT2D eigenvalue weighted by Crippen LogP contribution is -2.43. The second kappa shape index (κ2) is 7.61. The van der Waals surface area contributed by atoms with Crippen molar-refractivity contribution in [2.45, 2.75) is 24.0 Å². The number of hydroxylamine groups is 2. The van der Waals surface area contributed by atoms with Crippen LogP contribution in [-0.2, 0) is 33.7 Å². The maximum atomic E-state index is 13.6. The molecule has 9 nitrogen and oxygen atoms in total. The molecule has 2 rings (SSSR count). The fourth-order valence-corrected chi connectivity index (χ4v) is 3.37. The van der Waals surface area contributed by atoms with Crippen molar-refractivity contribution in [3.63, 3.8) is 0 Å². The number of ether oxygens (including phenoxy) is 2. The maximum absolute atomic E-state index is 13.6. The summed E-state index contributed by atoms with van der Waals surface area (Å²) in [6.07, 6.45) is 0.320. The Balaban J connectivity index is 2.63. The minimum atomic E-state index is -3.82. The number of methoxy groups -OCH3 is 1. The third-order valence-corrected chi connectivity index (χ3v) is 4.80. The van der Waals surface area contributed by atoms with Gasteiger partial charge in [0.2, 0.25) is 0 Å². The molecule has 148 valence electrons. The van der Waals surface area contributed by atoms with Gasteiger partial charge in [0.1, 0.15) is 12.2 Å². The van der Waals surface area contributed by atoms with Gasteiger partial charge in [0.25, 0.3) is 5.72 Å². The molecular weight excluding hydrogens is 383 g/mol. The minimum absolute atomic E-state index is 0.00478. The van der Waals surface area contributed by atoms with Crippen LogP contribution in [0.15, 0.2) is 28.1 Å². The van der Waals surface area contributed by atoms with Crippen molar-refractivity contribution in [3.05, 3.63) is 29.6 Å². The van der Waals surface area contributed by atoms with E-state index in [-0.39, 0.29) is 22.9 Å². The van der Waals surface area contributed by atoms with E-state index in [1.165, 1.54) is 13.1 Å². The Hall–Kier alpha value is -2.53. The summed E-state index contributed by atoms with van der Waals surface area (Å²) in [7, 11) is -1.32. The highest BCUT2D eigenvalue weighted by molar-refractivity contribution is 7.90. The van der Waals surface area contributed by atoms with E-state index in [9.17, 15) is 22.4 Å². The number of esters is 2. The molecule has 0 N–H and O–H groups in total. The van der Waals surface area contributed by atoms with E-state index in [0.717, 1.165) is 30.6 Å². The van der Waals surface area contributed by atoms with Crippen LogP contribution in [0.5, 0.6) is 0 Å². The third-order valence-electron chi connectivity index (χ3n) is 3.66. The SMILES string of the molecule is CCOC(=O)C1(CC(=O)OC)N=C(c2ccc(F)cc2S(C)(=O)=O)N(C)O1. The Kier molecular flexibility index (Phi) is 5.85. The number of rotatable bonds is 6. The molecule has 1 unspecified atom stereocenters. The van der Waals surface area contributed by atoms with Crippen molar-refractivity contribution in [2.75, 3.05) is 27.0 Å². The highest BCUT2D eigenvalue weighted by Crippen LogP contribution is 2.32. The second-order valence-electron chi connectivity index (χ2n) is 5.69. The molecule has 0 amide bonds. The minimum Gasteiger partial charge on any atom is -0.469 e. The summed E-state index contributed by atoms with van der Waals surface area (Å²) in [5.74, 6) is -2.57. The molecule has 0 saturated carbocycles. The number of aliphatic imine (C=N–C) groups is 1. The van der Waals surface area contributed by atoms with Crippen LogP contribution in [0, 0.1) is 5.82 Å². The van der Waals surface area contributed by atoms with E-state index >= 15 is 0 Å². The Morgan fingerprint density at radius 2 is 2.04 bits per heavy atom. The van der Waals surface area contributed by atoms with Crippen molar-refractivity contribution in [1.29, 1.82) is 0 Å². The molecule has 27 heavy (non-hydrogen) atoms. The lowest BCUT2D eigenvalue weighted by Gasteiger charge is -2.23. The number of carbonyl (C=O) groups excluding carboxylic acids is 2. The van der Waals surface area contributed by atoms with Crippen LogP contribution in [0.2, 0.25) is 0 Å². The third kappa shape index (κ3) is 4.25. The van der Waals surface area contributed by atoms with Gasteiger partial charge < -0.3 is 9.47 Å². The Labute approximate surface area is 155 Å². The summed E-state index contributed by atoms with van der Waals surface area (Å²) < 4.78 is 47.2. The van der Waals surface area contributed by atoms with Gasteiger partial charge in [-0.15, -0.1) is 0 Å². The molecule has 0 aromatic heterocycles. The molecule has 11 heteroatoms. The summed E-state index contributed by atoms with van der Waals surface area (Å²) in [6.45, 7) is 1.57. The number of sulfone groups is 1. The summed E-state index contributed by atoms with van der Waals surface area (Å²) in [5, 5.41) is 1.03. The average Bonchev–Trinajstić information content (AvgIpc) is 2.91. The fraction of sp³-hybridized carbons (Fsp3) is 0.438. The zero-order valence-corrected chi connectivity index (χ0v) is 16.0. The van der Waals surface area contributed by atoms with Gasteiger partial charge >= 0.3 is 11.9 Å². The molecule has 1 aromatic rings. The van der Waals surface area contributed by atoms with Crippen molar-refractivity contribution >= 4 is 27.6 Å². The van der Waals surface area contributed by atoms with Gasteiger partial charge in [-0.05, 0) is 25.1 Å². The van der Waals surface area contributed by atoms with Gasteiger partial charge in [-0.3, -0.25) is 4.79 Å². The van der Waals surface area contributed by atoms with E-state index < -0.39 is 39.7 Å². The fourth-order valence-electron chi connectivity index (χ4n) is 2.49. The Bertz CT molecular complexity index is 900. The largest absolute Gasteiger partial charge is 0.469 e. The number of hydrogen-bond donors (Lipinski definition) is 0. The molecule has 0 spiro atoms. The highest BCUT2D eigenvalue weighted by atomic mass is 32.2. The predicted molar refractivity (Wildman–Crippen MR) is 90.9 cm³/mol. The lowest BCUT2D eigenvalue weighted by atomic mass is 10.1. The van der Waals surface area contributed by atoms with E-state index in [1.54, 1.807) is 6.92 Å². The van der Waals surface area contributed by atoms with Gasteiger partial charge in [-0.2, -0.15) is 0 Å². The molecular formula is C16H19FN2O7S. The summed E-state index contributed by atoms with van der Waals surface area (Å²) in [4.78, 5) is 33.4. The van der Waals surface area contributed by atoms with Crippen LogP contribution in [-0.4, -0.2) is 64.0 Å². The molecule has 0 saturated heterocycles. The van der Waals surface area contributed by atoms with Crippen molar-refractivity contribution in [1.82, 2.24) is 5.06 Å². The second-order valence-corrected chi connectivity index (χ2v) is 7.68. The van der Waals surface area contributed by atoms with Gasteiger partial charge in [-0.1, -0.05) is 0 Å². The monoisotopic (exact) mass is 402 g/mol. The van der Waals surface area contributed by atoms with Crippen molar-refractivity contribution in [2.24, 2.45) is 4.99 Å². The first kappa shape index (κ1) is 20.8. The van der Waals surface area contributed by atoms with E-state index in [0.29, 0.717) is 0 Å². The predicted octanol–water partition coefficient (Wildman–Crippen LogP) is 0.675. The first-order valence-electron chi connectivity index (χ1n) is 7.81. The molecule has 0 radical (unpaired) electrons. The molecule has 1 atom stereocenters. The van der Waals surface area contributed by atoms with Gasteiger partial charge in [0.05, 0.1) is 18.6 Å². The Morgan fingerprint density at radius 3 is 2.59 bits per heavy atom. The van der Waals surface area contributed by atoms with E-state index in [4.69, 9.17) is 9.57 Å². The van der Waals surface area contributed by atoms with E-state index in [2.05, 4.69) is 9.73 Å². The smallest absolute Gasteiger partial charge is 0.364 e. The number of carbonyl (C=O) groups is 2. The normalized spacial score (nSPS) is 19.6. The van der Waals surface area contributed by atoms with Crippen LogP contribution in [0.1, 0.15) is 18.9 Å². The van der Waals surface area contributed by atoms with Crippen molar-refractivity contribution in [3.8, 4) is 0 Å². The first-order chi connectivity index (χ1) is 12.5. The maximum Gasteiger partial charge on any atom is 0.364 e. The molecule has 0 aliphatic carbocycles. The molecule has 1 aliphatic rings. The summed E-state index contributed by atoms with van der Waals surface area (Å²) >= 11 is 0. The zero-order valence-electron chi connectivity index (χ0n) is 15.2. The van der Waals surface area contributed by atoms with E-state index in [1.807, 2.05) is 0 Å². The van der Waals surface area contributed by atoms with Gasteiger partial charge in [0, 0.05) is 18.9 Å². The summed E-state index contributed by atoms with van der Waals surface area (Å²) in [6, 6.07) is 3.08. The van der Waals surface area contributed by atoms with Gasteiger partial charge in [-0.25, -0.2) is 32.5 Å². The molecule has 1 heterocycles. The molecule has 0 bridgehead atoms. The number of hydrogen-bond acceptors (Lipinski definition) is 9. The van der Waals surface area contributed by atoms with Crippen LogP contribution < -0.4 is 0 Å². The first-order valence-corrected chi connectivity index (χ1v) is 9.70. The zero-order chi connectivity index (χ0) is 20.4. The number of benzene rings is 1. The van der Waals surface area contributed by atoms with Crippen molar-refractivity contribution < 1.29 is 36.7 Å². The van der Waals surface area contributed by atoms with Gasteiger partial charge in [0.15, 0.2) is 15.7 Å². The molecule has 0 fully saturated rings. The number of amidine groups is 1. The van der Waals surface area contributed by atoms with Crippen LogP contribution in [0.3, 0.4) is 0 Å². The summed E-state index contributed by atoms with van der Waals surface area (Å²) in [5.41, 5.74) is -2.06. The van der Waals surface area contributed by atoms with Crippen LogP contribution in [0.25, 0.3) is 0 Å². The number of nitrogens with zero attached hydrogens (tertiary/aromatic N) is 2. The average molecular weight is 402 g/mol. The molecule has 1 aromatic carbocycles. The Morgan fingerprint density at radius 1 is 1.37 bits per heavy atom. The lowest BCUT2D eigenvalue weighted by molar-refractivity contribution is -0.207. The topological polar surface area (TPSA) is 112 Å². The number of halogens is 1. The quantitative estimate of drug-likeness (QED) is 0.639.